The number of imidazole rings is 1. The molecule has 4 aromatic rings. The number of carbonyl (C=O) groups is 1. The monoisotopic (exact) mass is 581 g/mol. The van der Waals surface area contributed by atoms with Gasteiger partial charge < -0.3 is 28.8 Å². The van der Waals surface area contributed by atoms with Crippen molar-refractivity contribution in [3.05, 3.63) is 64.0 Å². The topological polar surface area (TPSA) is 102 Å². The molecule has 0 saturated carbocycles. The molecule has 0 unspecified atom stereocenters. The lowest BCUT2D eigenvalue weighted by molar-refractivity contribution is -0.0716. The van der Waals surface area contributed by atoms with Crippen molar-refractivity contribution in [2.75, 3.05) is 37.7 Å². The molecule has 3 aliphatic rings. The molecule has 0 bridgehead atoms. The molecule has 0 spiro atoms. The number of aromatic carboxylic acids is 1. The second-order valence-corrected chi connectivity index (χ2v) is 11.9. The Kier molecular flexibility index (Phi) is 6.34. The SMILES string of the molecule is C[C@@]1(c2ccc(Cl)cn2)Oc2cccc(N3CCN(Cc4nc5sc(C(=O)O)cc5n4C[C@H]4CCO4)CC3)c2O1. The van der Waals surface area contributed by atoms with Crippen LogP contribution in [0.15, 0.2) is 42.6 Å². The van der Waals surface area contributed by atoms with Gasteiger partial charge in [-0.3, -0.25) is 9.88 Å². The number of anilines is 1. The number of halogens is 1. The number of fused-ring (bicyclic) bond motifs is 2. The molecular weight excluding hydrogens is 554 g/mol. The van der Waals surface area contributed by atoms with E-state index in [-0.39, 0.29) is 6.10 Å². The lowest BCUT2D eigenvalue weighted by atomic mass is 10.2. The van der Waals surface area contributed by atoms with Crippen LogP contribution in [0, 0.1) is 0 Å². The van der Waals surface area contributed by atoms with Crippen LogP contribution in [0.5, 0.6) is 11.5 Å². The van der Waals surface area contributed by atoms with Gasteiger partial charge in [0, 0.05) is 45.9 Å². The largest absolute Gasteiger partial charge is 0.477 e. The molecule has 2 atom stereocenters. The van der Waals surface area contributed by atoms with E-state index in [0.29, 0.717) is 34.4 Å². The zero-order chi connectivity index (χ0) is 27.4. The van der Waals surface area contributed by atoms with E-state index in [9.17, 15) is 9.90 Å². The van der Waals surface area contributed by atoms with Crippen molar-refractivity contribution in [1.82, 2.24) is 19.4 Å². The van der Waals surface area contributed by atoms with E-state index < -0.39 is 11.8 Å². The summed E-state index contributed by atoms with van der Waals surface area (Å²) in [5, 5.41) is 10.0. The van der Waals surface area contributed by atoms with Crippen molar-refractivity contribution in [2.45, 2.75) is 38.3 Å². The molecule has 0 radical (unpaired) electrons. The first-order chi connectivity index (χ1) is 19.4. The van der Waals surface area contributed by atoms with Gasteiger partial charge in [-0.2, -0.15) is 0 Å². The molecule has 3 aliphatic heterocycles. The minimum Gasteiger partial charge on any atom is -0.477 e. The van der Waals surface area contributed by atoms with Gasteiger partial charge in [0.2, 0.25) is 0 Å². The van der Waals surface area contributed by atoms with Gasteiger partial charge in [-0.1, -0.05) is 17.7 Å². The smallest absolute Gasteiger partial charge is 0.346 e. The molecule has 10 nitrogen and oxygen atoms in total. The van der Waals surface area contributed by atoms with Crippen LogP contribution in [0.3, 0.4) is 0 Å². The van der Waals surface area contributed by atoms with Gasteiger partial charge in [-0.15, -0.1) is 11.3 Å². The predicted molar refractivity (Wildman–Crippen MR) is 151 cm³/mol. The van der Waals surface area contributed by atoms with Crippen LogP contribution in [0.25, 0.3) is 10.3 Å². The number of ether oxygens (including phenoxy) is 3. The normalized spacial score (nSPS) is 22.6. The summed E-state index contributed by atoms with van der Waals surface area (Å²) in [7, 11) is 0. The van der Waals surface area contributed by atoms with Crippen molar-refractivity contribution >= 4 is 44.9 Å². The van der Waals surface area contributed by atoms with Crippen LogP contribution in [0.1, 0.15) is 34.5 Å². The first-order valence-electron chi connectivity index (χ1n) is 13.3. The quantitative estimate of drug-likeness (QED) is 0.335. The lowest BCUT2D eigenvalue weighted by Crippen LogP contribution is -2.46. The first kappa shape index (κ1) is 25.6. The number of aromatic nitrogens is 3. The highest BCUT2D eigenvalue weighted by atomic mass is 35.5. The van der Waals surface area contributed by atoms with Crippen LogP contribution >= 0.6 is 22.9 Å². The Morgan fingerprint density at radius 2 is 2.02 bits per heavy atom. The van der Waals surface area contributed by atoms with Gasteiger partial charge >= 0.3 is 5.97 Å². The van der Waals surface area contributed by atoms with Crippen molar-refractivity contribution < 1.29 is 24.1 Å². The van der Waals surface area contributed by atoms with E-state index >= 15 is 0 Å². The molecule has 3 aromatic heterocycles. The zero-order valence-electron chi connectivity index (χ0n) is 21.9. The predicted octanol–water partition coefficient (Wildman–Crippen LogP) is 4.60. The number of para-hydroxylation sites is 1. The number of hydrogen-bond acceptors (Lipinski definition) is 9. The van der Waals surface area contributed by atoms with Gasteiger partial charge in [-0.25, -0.2) is 9.78 Å². The number of carboxylic acids is 1. The maximum atomic E-state index is 11.5. The molecule has 0 amide bonds. The van der Waals surface area contributed by atoms with Gasteiger partial charge in [-0.05, 0) is 36.8 Å². The number of rotatable bonds is 7. The molecule has 0 aliphatic carbocycles. The summed E-state index contributed by atoms with van der Waals surface area (Å²) in [6.45, 7) is 7.36. The summed E-state index contributed by atoms with van der Waals surface area (Å²) < 4.78 is 20.5. The number of hydrogen-bond donors (Lipinski definition) is 1. The standard InChI is InChI=1S/C28H28ClN5O5S/c1-28(23-6-5-17(29)14-30-23)38-21-4-2-3-19(25(21)39-28)33-10-8-32(9-11-33)16-24-31-26-20(13-22(40-26)27(35)36)34(24)15-18-7-12-37-18/h2-6,13-14,18H,7-12,15-16H2,1H3,(H,35,36)/t18-,28-/m1/s1. The number of piperazine rings is 1. The second-order valence-electron chi connectivity index (χ2n) is 10.4. The average molecular weight is 582 g/mol. The van der Waals surface area contributed by atoms with Crippen molar-refractivity contribution in [3.63, 3.8) is 0 Å². The fourth-order valence-corrected chi connectivity index (χ4v) is 6.48. The molecular formula is C28H28ClN5O5S. The Labute approximate surface area is 239 Å². The molecule has 1 aromatic carbocycles. The van der Waals surface area contributed by atoms with E-state index in [1.54, 1.807) is 18.3 Å². The highest BCUT2D eigenvalue weighted by molar-refractivity contribution is 7.20. The van der Waals surface area contributed by atoms with E-state index in [4.69, 9.17) is 30.8 Å². The summed E-state index contributed by atoms with van der Waals surface area (Å²) in [6.07, 6.45) is 2.75. The number of nitrogens with zero attached hydrogens (tertiary/aromatic N) is 5. The molecule has 2 saturated heterocycles. The van der Waals surface area contributed by atoms with Crippen LogP contribution < -0.4 is 14.4 Å². The third-order valence-electron chi connectivity index (χ3n) is 7.75. The Morgan fingerprint density at radius 3 is 2.73 bits per heavy atom. The maximum Gasteiger partial charge on any atom is 0.346 e. The van der Waals surface area contributed by atoms with Gasteiger partial charge in [0.25, 0.3) is 5.79 Å². The number of pyridine rings is 1. The zero-order valence-corrected chi connectivity index (χ0v) is 23.5. The summed E-state index contributed by atoms with van der Waals surface area (Å²) in [4.78, 5) is 26.6. The highest BCUT2D eigenvalue weighted by Gasteiger charge is 2.42. The fourth-order valence-electron chi connectivity index (χ4n) is 5.48. The van der Waals surface area contributed by atoms with Crippen molar-refractivity contribution in [1.29, 1.82) is 0 Å². The van der Waals surface area contributed by atoms with E-state index in [2.05, 4.69) is 25.4 Å². The number of benzene rings is 1. The molecule has 40 heavy (non-hydrogen) atoms. The number of carboxylic acid groups (broad SMARTS) is 1. The third kappa shape index (κ3) is 4.56. The van der Waals surface area contributed by atoms with Gasteiger partial charge in [0.05, 0.1) is 35.4 Å². The Hall–Kier alpha value is -3.38. The van der Waals surface area contributed by atoms with Gasteiger partial charge in [0.1, 0.15) is 21.2 Å². The van der Waals surface area contributed by atoms with Crippen LogP contribution in [0.2, 0.25) is 5.02 Å². The third-order valence-corrected chi connectivity index (χ3v) is 8.98. The highest BCUT2D eigenvalue weighted by Crippen LogP contribution is 2.49. The molecule has 12 heteroatoms. The minimum absolute atomic E-state index is 0.150. The molecule has 6 heterocycles. The molecule has 208 valence electrons. The van der Waals surface area contributed by atoms with Crippen LogP contribution in [0.4, 0.5) is 5.69 Å². The molecule has 2 fully saturated rings. The summed E-state index contributed by atoms with van der Waals surface area (Å²) >= 11 is 7.26. The summed E-state index contributed by atoms with van der Waals surface area (Å²) in [6, 6.07) is 11.3. The maximum absolute atomic E-state index is 11.5. The number of thiophene rings is 1. The first-order valence-corrected chi connectivity index (χ1v) is 14.5. The van der Waals surface area contributed by atoms with Crippen molar-refractivity contribution in [3.8, 4) is 11.5 Å². The molecule has 1 N–H and O–H groups in total. The summed E-state index contributed by atoms with van der Waals surface area (Å²) in [5.41, 5.74) is 2.53. The van der Waals surface area contributed by atoms with E-state index in [0.717, 1.165) is 66.8 Å². The Bertz CT molecular complexity index is 1580. The Morgan fingerprint density at radius 1 is 1.20 bits per heavy atom. The minimum atomic E-state index is -1.03. The summed E-state index contributed by atoms with van der Waals surface area (Å²) in [5.74, 6) is 0.421. The van der Waals surface area contributed by atoms with Crippen LogP contribution in [-0.2, 0) is 23.6 Å². The van der Waals surface area contributed by atoms with E-state index in [1.807, 2.05) is 25.1 Å². The average Bonchev–Trinajstić information content (AvgIpc) is 3.58. The van der Waals surface area contributed by atoms with E-state index in [1.165, 1.54) is 11.3 Å². The lowest BCUT2D eigenvalue weighted by Gasteiger charge is -2.36. The van der Waals surface area contributed by atoms with Crippen molar-refractivity contribution in [2.24, 2.45) is 0 Å². The van der Waals surface area contributed by atoms with Gasteiger partial charge in [0.15, 0.2) is 11.5 Å². The second kappa shape index (κ2) is 9.91. The molecule has 7 rings (SSSR count). The Balaban J connectivity index is 1.06. The fraction of sp³-hybridized carbons (Fsp3) is 0.393. The van der Waals surface area contributed by atoms with Crippen LogP contribution in [-0.4, -0.2) is 69.4 Å².